The lowest BCUT2D eigenvalue weighted by Gasteiger charge is -2.22. The summed E-state index contributed by atoms with van der Waals surface area (Å²) in [5.74, 6) is 0.718. The molecule has 2 heterocycles. The molecule has 0 fully saturated rings. The van der Waals surface area contributed by atoms with Gasteiger partial charge >= 0.3 is 0 Å². The molecule has 0 atom stereocenters. The van der Waals surface area contributed by atoms with Gasteiger partial charge in [-0.15, -0.1) is 0 Å². The van der Waals surface area contributed by atoms with Gasteiger partial charge in [-0.3, -0.25) is 19.7 Å². The molecule has 2 aliphatic heterocycles. The molecule has 0 aromatic heterocycles. The summed E-state index contributed by atoms with van der Waals surface area (Å²) < 4.78 is 11.4. The molecule has 5 rings (SSSR count). The van der Waals surface area contributed by atoms with Gasteiger partial charge in [0.2, 0.25) is 5.91 Å². The van der Waals surface area contributed by atoms with Crippen molar-refractivity contribution in [3.05, 3.63) is 81.9 Å². The van der Waals surface area contributed by atoms with E-state index in [0.29, 0.717) is 58.5 Å². The molecule has 0 unspecified atom stereocenters. The minimum absolute atomic E-state index is 0.0480. The van der Waals surface area contributed by atoms with Gasteiger partial charge in [0.15, 0.2) is 11.5 Å². The molecule has 11 nitrogen and oxygen atoms in total. The first-order valence-corrected chi connectivity index (χ1v) is 12.2. The molecule has 2 aliphatic rings. The zero-order valence-corrected chi connectivity index (χ0v) is 21.7. The van der Waals surface area contributed by atoms with Crippen LogP contribution in [0, 0.1) is 10.1 Å². The van der Waals surface area contributed by atoms with E-state index in [2.05, 4.69) is 10.6 Å². The van der Waals surface area contributed by atoms with Crippen LogP contribution >= 0.6 is 0 Å². The first-order valence-electron chi connectivity index (χ1n) is 12.2. The van der Waals surface area contributed by atoms with Gasteiger partial charge in [-0.25, -0.2) is 0 Å². The smallest absolute Gasteiger partial charge is 0.271 e. The molecule has 0 aliphatic carbocycles. The molecule has 0 radical (unpaired) electrons. The number of hydrogen-bond acceptors (Lipinski definition) is 8. The number of fused-ring (bicyclic) bond motifs is 2. The van der Waals surface area contributed by atoms with Crippen molar-refractivity contribution in [2.75, 3.05) is 56.4 Å². The first kappa shape index (κ1) is 25.7. The van der Waals surface area contributed by atoms with Crippen LogP contribution in [0.15, 0.2) is 60.7 Å². The lowest BCUT2D eigenvalue weighted by atomic mass is 9.99. The summed E-state index contributed by atoms with van der Waals surface area (Å²) in [6, 6.07) is 16.9. The van der Waals surface area contributed by atoms with Crippen molar-refractivity contribution >= 4 is 45.8 Å². The number of carbonyl (C=O) groups excluding carboxylic acids is 2. The van der Waals surface area contributed by atoms with E-state index in [1.807, 2.05) is 44.4 Å². The molecule has 11 heteroatoms. The minimum atomic E-state index is -0.504. The Morgan fingerprint density at radius 3 is 2.41 bits per heavy atom. The fraction of sp³-hybridized carbons (Fsp3) is 0.214. The van der Waals surface area contributed by atoms with E-state index in [0.717, 1.165) is 5.69 Å². The highest BCUT2D eigenvalue weighted by Crippen LogP contribution is 2.41. The fourth-order valence-electron chi connectivity index (χ4n) is 4.43. The average Bonchev–Trinajstić information content (AvgIpc) is 3.25. The number of ether oxygens (including phenoxy) is 2. The molecule has 3 aromatic carbocycles. The van der Waals surface area contributed by atoms with Gasteiger partial charge < -0.3 is 29.9 Å². The van der Waals surface area contributed by atoms with Gasteiger partial charge in [0.25, 0.3) is 11.6 Å². The summed E-state index contributed by atoms with van der Waals surface area (Å²) in [5, 5.41) is 17.4. The molecule has 39 heavy (non-hydrogen) atoms. The Hall–Kier alpha value is -4.90. The number of non-ortho nitro benzene ring substituents is 1. The number of anilines is 3. The number of nitro groups is 1. The quantitative estimate of drug-likeness (QED) is 0.269. The molecule has 2 amide bonds. The summed E-state index contributed by atoms with van der Waals surface area (Å²) >= 11 is 0. The SMILES string of the molecule is CN(C)CC(=O)N(C)c1ccc(N/C(=C2\C(=O)Nc3cc([N+](=O)[O-])ccc32)c2ccc3c(c2)OCCO3)cc1. The number of benzene rings is 3. The molecule has 3 aromatic rings. The van der Waals surface area contributed by atoms with Gasteiger partial charge in [-0.05, 0) is 62.6 Å². The monoisotopic (exact) mass is 529 g/mol. The van der Waals surface area contributed by atoms with Crippen LogP contribution in [0.5, 0.6) is 11.5 Å². The number of likely N-dealkylation sites (N-methyl/N-ethyl adjacent to an activating group) is 2. The van der Waals surface area contributed by atoms with Crippen LogP contribution in [0.2, 0.25) is 0 Å². The average molecular weight is 530 g/mol. The van der Waals surface area contributed by atoms with Crippen LogP contribution in [0.4, 0.5) is 22.7 Å². The van der Waals surface area contributed by atoms with Crippen molar-refractivity contribution in [3.63, 3.8) is 0 Å². The van der Waals surface area contributed by atoms with Gasteiger partial charge in [-0.1, -0.05) is 0 Å². The zero-order chi connectivity index (χ0) is 27.7. The maximum Gasteiger partial charge on any atom is 0.271 e. The predicted molar refractivity (Wildman–Crippen MR) is 148 cm³/mol. The van der Waals surface area contributed by atoms with E-state index >= 15 is 0 Å². The van der Waals surface area contributed by atoms with Crippen LogP contribution in [0.25, 0.3) is 11.3 Å². The number of nitro benzene ring substituents is 1. The van der Waals surface area contributed by atoms with Gasteiger partial charge in [0, 0.05) is 41.7 Å². The van der Waals surface area contributed by atoms with Crippen molar-refractivity contribution in [3.8, 4) is 11.5 Å². The maximum atomic E-state index is 13.2. The van der Waals surface area contributed by atoms with Crippen LogP contribution in [0.1, 0.15) is 11.1 Å². The second-order valence-corrected chi connectivity index (χ2v) is 9.41. The summed E-state index contributed by atoms with van der Waals surface area (Å²) in [5.41, 5.74) is 3.66. The third kappa shape index (κ3) is 5.25. The van der Waals surface area contributed by atoms with E-state index < -0.39 is 10.8 Å². The zero-order valence-electron chi connectivity index (χ0n) is 21.7. The summed E-state index contributed by atoms with van der Waals surface area (Å²) in [4.78, 5) is 39.9. The highest BCUT2D eigenvalue weighted by Gasteiger charge is 2.30. The Balaban J connectivity index is 1.55. The first-order chi connectivity index (χ1) is 18.7. The molecule has 0 spiro atoms. The van der Waals surface area contributed by atoms with Crippen LogP contribution in [-0.2, 0) is 9.59 Å². The van der Waals surface area contributed by atoms with Crippen molar-refractivity contribution in [1.29, 1.82) is 0 Å². The molecule has 200 valence electrons. The normalized spacial score (nSPS) is 14.9. The summed E-state index contributed by atoms with van der Waals surface area (Å²) in [6.07, 6.45) is 0. The Kier molecular flexibility index (Phi) is 6.90. The van der Waals surface area contributed by atoms with E-state index in [1.165, 1.54) is 12.1 Å². The molecule has 0 saturated carbocycles. The second kappa shape index (κ2) is 10.5. The molecule has 0 saturated heterocycles. The van der Waals surface area contributed by atoms with Crippen LogP contribution in [-0.4, -0.2) is 62.5 Å². The van der Waals surface area contributed by atoms with E-state index in [-0.39, 0.29) is 18.1 Å². The Labute approximate surface area is 224 Å². The number of hydrogen-bond donors (Lipinski definition) is 2. The number of rotatable bonds is 7. The van der Waals surface area contributed by atoms with Crippen LogP contribution in [0.3, 0.4) is 0 Å². The van der Waals surface area contributed by atoms with Crippen molar-refractivity contribution in [2.24, 2.45) is 0 Å². The van der Waals surface area contributed by atoms with Crippen molar-refractivity contribution in [2.45, 2.75) is 0 Å². The number of nitrogens with one attached hydrogen (secondary N) is 2. The molecular formula is C28H27N5O6. The Morgan fingerprint density at radius 2 is 1.72 bits per heavy atom. The van der Waals surface area contributed by atoms with E-state index in [9.17, 15) is 19.7 Å². The van der Waals surface area contributed by atoms with Crippen LogP contribution < -0.4 is 25.0 Å². The molecular weight excluding hydrogens is 502 g/mol. The topological polar surface area (TPSA) is 126 Å². The lowest BCUT2D eigenvalue weighted by molar-refractivity contribution is -0.384. The highest BCUT2D eigenvalue weighted by molar-refractivity contribution is 6.37. The van der Waals surface area contributed by atoms with Gasteiger partial charge in [0.05, 0.1) is 28.4 Å². The van der Waals surface area contributed by atoms with Gasteiger partial charge in [-0.2, -0.15) is 0 Å². The third-order valence-electron chi connectivity index (χ3n) is 6.39. The summed E-state index contributed by atoms with van der Waals surface area (Å²) in [7, 11) is 5.39. The standard InChI is InChI=1S/C28H27N5O6/c1-31(2)16-25(34)32(3)19-7-5-18(6-8-19)29-27(17-4-11-23-24(14-17)39-13-12-38-23)26-21-10-9-20(33(36)37)15-22(21)30-28(26)35/h4-11,14-15,29H,12-13,16H2,1-3H3,(H,30,35)/b27-26-. The fourth-order valence-corrected chi connectivity index (χ4v) is 4.43. The summed E-state index contributed by atoms with van der Waals surface area (Å²) in [6.45, 7) is 1.14. The second-order valence-electron chi connectivity index (χ2n) is 9.41. The van der Waals surface area contributed by atoms with Crippen molar-refractivity contribution < 1.29 is 24.0 Å². The largest absolute Gasteiger partial charge is 0.486 e. The number of nitrogens with zero attached hydrogens (tertiary/aromatic N) is 3. The number of carbonyl (C=O) groups is 2. The third-order valence-corrected chi connectivity index (χ3v) is 6.39. The van der Waals surface area contributed by atoms with E-state index in [4.69, 9.17) is 9.47 Å². The highest BCUT2D eigenvalue weighted by atomic mass is 16.6. The predicted octanol–water partition coefficient (Wildman–Crippen LogP) is 3.82. The minimum Gasteiger partial charge on any atom is -0.486 e. The Bertz CT molecular complexity index is 1500. The maximum absolute atomic E-state index is 13.2. The Morgan fingerprint density at radius 1 is 1.00 bits per heavy atom. The van der Waals surface area contributed by atoms with E-state index in [1.54, 1.807) is 35.0 Å². The lowest BCUT2D eigenvalue weighted by Crippen LogP contribution is -2.34. The van der Waals surface area contributed by atoms with Gasteiger partial charge in [0.1, 0.15) is 13.2 Å². The van der Waals surface area contributed by atoms with Crippen molar-refractivity contribution in [1.82, 2.24) is 4.90 Å². The molecule has 0 bridgehead atoms. The molecule has 2 N–H and O–H groups in total. The number of amides is 2.